The second-order valence-corrected chi connectivity index (χ2v) is 4.41. The molecule has 0 spiro atoms. The number of rotatable bonds is 5. The lowest BCUT2D eigenvalue weighted by Crippen LogP contribution is -2.14. The van der Waals surface area contributed by atoms with E-state index in [1.165, 1.54) is 12.1 Å². The van der Waals surface area contributed by atoms with Crippen LogP contribution < -0.4 is 10.1 Å². The van der Waals surface area contributed by atoms with E-state index in [9.17, 15) is 4.39 Å². The number of benzene rings is 1. The van der Waals surface area contributed by atoms with Gasteiger partial charge in [0.1, 0.15) is 29.6 Å². The largest absolute Gasteiger partial charge is 0.487 e. The number of ether oxygens (including phenoxy) is 1. The first-order valence-corrected chi connectivity index (χ1v) is 6.12. The van der Waals surface area contributed by atoms with Gasteiger partial charge in [0.25, 0.3) is 0 Å². The van der Waals surface area contributed by atoms with Crippen molar-refractivity contribution in [3.63, 3.8) is 0 Å². The van der Waals surface area contributed by atoms with Crippen LogP contribution in [0.2, 0.25) is 0 Å². The van der Waals surface area contributed by atoms with E-state index >= 15 is 0 Å². The van der Waals surface area contributed by atoms with Crippen molar-refractivity contribution in [1.82, 2.24) is 10.5 Å². The molecule has 19 heavy (non-hydrogen) atoms. The SMILES string of the molecule is CNC(C)c1cc(F)ccc1OCc1cc(C)on1. The average molecular weight is 264 g/mol. The molecular weight excluding hydrogens is 247 g/mol. The summed E-state index contributed by atoms with van der Waals surface area (Å²) in [6.45, 7) is 4.07. The Balaban J connectivity index is 2.15. The third-order valence-corrected chi connectivity index (χ3v) is 2.92. The Labute approximate surface area is 111 Å². The molecule has 1 N–H and O–H groups in total. The number of hydrogen-bond acceptors (Lipinski definition) is 4. The highest BCUT2D eigenvalue weighted by molar-refractivity contribution is 5.36. The van der Waals surface area contributed by atoms with Gasteiger partial charge in [-0.05, 0) is 39.1 Å². The molecule has 0 aliphatic carbocycles. The standard InChI is InChI=1S/C14H17FN2O2/c1-9-6-12(17-19-9)8-18-14-5-4-11(15)7-13(14)10(2)16-3/h4-7,10,16H,8H2,1-3H3. The monoisotopic (exact) mass is 264 g/mol. The molecule has 1 heterocycles. The highest BCUT2D eigenvalue weighted by Gasteiger charge is 2.12. The maximum Gasteiger partial charge on any atom is 0.134 e. The van der Waals surface area contributed by atoms with Crippen molar-refractivity contribution >= 4 is 0 Å². The number of aromatic nitrogens is 1. The number of halogens is 1. The Morgan fingerprint density at radius 1 is 1.42 bits per heavy atom. The van der Waals surface area contributed by atoms with E-state index in [-0.39, 0.29) is 11.9 Å². The Hall–Kier alpha value is -1.88. The molecular formula is C14H17FN2O2. The summed E-state index contributed by atoms with van der Waals surface area (Å²) in [6.07, 6.45) is 0. The summed E-state index contributed by atoms with van der Waals surface area (Å²) in [6, 6.07) is 6.31. The summed E-state index contributed by atoms with van der Waals surface area (Å²) >= 11 is 0. The van der Waals surface area contributed by atoms with E-state index < -0.39 is 0 Å². The molecule has 0 saturated heterocycles. The van der Waals surface area contributed by atoms with Crippen molar-refractivity contribution in [2.45, 2.75) is 26.5 Å². The minimum absolute atomic E-state index is 0.00439. The molecule has 0 fully saturated rings. The van der Waals surface area contributed by atoms with E-state index in [0.29, 0.717) is 18.1 Å². The summed E-state index contributed by atoms with van der Waals surface area (Å²) in [7, 11) is 1.82. The predicted octanol–water partition coefficient (Wildman–Crippen LogP) is 2.98. The summed E-state index contributed by atoms with van der Waals surface area (Å²) < 4.78 is 24.0. The van der Waals surface area contributed by atoms with Gasteiger partial charge in [0.05, 0.1) is 0 Å². The van der Waals surface area contributed by atoms with Crippen LogP contribution in [0.25, 0.3) is 0 Å². The van der Waals surface area contributed by atoms with Crippen LogP contribution in [0.1, 0.15) is 30.0 Å². The average Bonchev–Trinajstić information content (AvgIpc) is 2.82. The predicted molar refractivity (Wildman–Crippen MR) is 69.4 cm³/mol. The fourth-order valence-corrected chi connectivity index (χ4v) is 1.78. The highest BCUT2D eigenvalue weighted by Crippen LogP contribution is 2.26. The van der Waals surface area contributed by atoms with Gasteiger partial charge in [0, 0.05) is 17.7 Å². The zero-order chi connectivity index (χ0) is 13.8. The molecule has 0 bridgehead atoms. The molecule has 1 unspecified atom stereocenters. The summed E-state index contributed by atoms with van der Waals surface area (Å²) in [5, 5.41) is 6.92. The fraction of sp³-hybridized carbons (Fsp3) is 0.357. The number of hydrogen-bond donors (Lipinski definition) is 1. The lowest BCUT2D eigenvalue weighted by molar-refractivity contribution is 0.282. The second kappa shape index (κ2) is 5.84. The minimum atomic E-state index is -0.276. The van der Waals surface area contributed by atoms with Gasteiger partial charge >= 0.3 is 0 Å². The molecule has 0 saturated carbocycles. The summed E-state index contributed by atoms with van der Waals surface area (Å²) in [5.74, 6) is 1.10. The van der Waals surface area contributed by atoms with Crippen molar-refractivity contribution in [2.24, 2.45) is 0 Å². The van der Waals surface area contributed by atoms with Crippen LogP contribution in [-0.4, -0.2) is 12.2 Å². The van der Waals surface area contributed by atoms with Gasteiger partial charge in [-0.2, -0.15) is 0 Å². The van der Waals surface area contributed by atoms with Crippen LogP contribution in [0, 0.1) is 12.7 Å². The van der Waals surface area contributed by atoms with Crippen molar-refractivity contribution in [1.29, 1.82) is 0 Å². The Bertz CT molecular complexity index is 554. The molecule has 1 aromatic heterocycles. The molecule has 102 valence electrons. The number of aryl methyl sites for hydroxylation is 1. The van der Waals surface area contributed by atoms with Crippen molar-refractivity contribution in [3.8, 4) is 5.75 Å². The van der Waals surface area contributed by atoms with Gasteiger partial charge in [0.2, 0.25) is 0 Å². The first-order valence-electron chi connectivity index (χ1n) is 6.12. The molecule has 0 aliphatic heterocycles. The van der Waals surface area contributed by atoms with Gasteiger partial charge in [0.15, 0.2) is 0 Å². The maximum absolute atomic E-state index is 13.3. The molecule has 0 radical (unpaired) electrons. The fourth-order valence-electron chi connectivity index (χ4n) is 1.78. The Morgan fingerprint density at radius 3 is 2.84 bits per heavy atom. The molecule has 1 atom stereocenters. The quantitative estimate of drug-likeness (QED) is 0.901. The van der Waals surface area contributed by atoms with Crippen molar-refractivity contribution in [2.75, 3.05) is 7.05 Å². The Morgan fingerprint density at radius 2 is 2.21 bits per heavy atom. The Kier molecular flexibility index (Phi) is 4.16. The van der Waals surface area contributed by atoms with Crippen molar-refractivity contribution < 1.29 is 13.7 Å². The zero-order valence-electron chi connectivity index (χ0n) is 11.2. The van der Waals surface area contributed by atoms with Crippen LogP contribution in [0.4, 0.5) is 4.39 Å². The summed E-state index contributed by atoms with van der Waals surface area (Å²) in [5.41, 5.74) is 1.49. The molecule has 2 rings (SSSR count). The van der Waals surface area contributed by atoms with E-state index in [0.717, 1.165) is 11.3 Å². The molecule has 0 aliphatic rings. The molecule has 2 aromatic rings. The molecule has 5 heteroatoms. The lowest BCUT2D eigenvalue weighted by atomic mass is 10.1. The first kappa shape index (κ1) is 13.5. The number of nitrogens with one attached hydrogen (secondary N) is 1. The first-order chi connectivity index (χ1) is 9.10. The second-order valence-electron chi connectivity index (χ2n) is 4.41. The van der Waals surface area contributed by atoms with Gasteiger partial charge < -0.3 is 14.6 Å². The third kappa shape index (κ3) is 3.32. The van der Waals surface area contributed by atoms with Crippen LogP contribution >= 0.6 is 0 Å². The van der Waals surface area contributed by atoms with Gasteiger partial charge in [-0.3, -0.25) is 0 Å². The number of nitrogens with zero attached hydrogens (tertiary/aromatic N) is 1. The maximum atomic E-state index is 13.3. The van der Waals surface area contributed by atoms with Crippen molar-refractivity contribution in [3.05, 3.63) is 47.1 Å². The molecule has 0 amide bonds. The zero-order valence-corrected chi connectivity index (χ0v) is 11.2. The smallest absolute Gasteiger partial charge is 0.134 e. The van der Waals surface area contributed by atoms with Crippen LogP contribution in [0.5, 0.6) is 5.75 Å². The summed E-state index contributed by atoms with van der Waals surface area (Å²) in [4.78, 5) is 0. The molecule has 1 aromatic carbocycles. The lowest BCUT2D eigenvalue weighted by Gasteiger charge is -2.16. The normalized spacial score (nSPS) is 12.4. The van der Waals surface area contributed by atoms with Crippen LogP contribution in [-0.2, 0) is 6.61 Å². The topological polar surface area (TPSA) is 47.3 Å². The van der Waals surface area contributed by atoms with E-state index in [1.807, 2.05) is 27.0 Å². The van der Waals surface area contributed by atoms with Crippen LogP contribution in [0.15, 0.2) is 28.8 Å². The third-order valence-electron chi connectivity index (χ3n) is 2.92. The van der Waals surface area contributed by atoms with E-state index in [1.54, 1.807) is 6.07 Å². The van der Waals surface area contributed by atoms with E-state index in [4.69, 9.17) is 9.26 Å². The van der Waals surface area contributed by atoms with E-state index in [2.05, 4.69) is 10.5 Å². The van der Waals surface area contributed by atoms with Crippen LogP contribution in [0.3, 0.4) is 0 Å². The minimum Gasteiger partial charge on any atom is -0.487 e. The van der Waals surface area contributed by atoms with Gasteiger partial charge in [-0.15, -0.1) is 0 Å². The highest BCUT2D eigenvalue weighted by atomic mass is 19.1. The van der Waals surface area contributed by atoms with Gasteiger partial charge in [-0.1, -0.05) is 5.16 Å². The van der Waals surface area contributed by atoms with Gasteiger partial charge in [-0.25, -0.2) is 4.39 Å². The molecule has 4 nitrogen and oxygen atoms in total.